The summed E-state index contributed by atoms with van der Waals surface area (Å²) in [5.41, 5.74) is 1.58. The molecule has 3 aromatic rings. The molecule has 0 saturated carbocycles. The van der Waals surface area contributed by atoms with Crippen molar-refractivity contribution >= 4 is 52.5 Å². The molecule has 0 aliphatic carbocycles. The fourth-order valence-corrected chi connectivity index (χ4v) is 5.41. The van der Waals surface area contributed by atoms with Crippen LogP contribution >= 0.6 is 46.6 Å². The average Bonchev–Trinajstić information content (AvgIpc) is 3.40. The maximum atomic E-state index is 13.2. The molecule has 0 bridgehead atoms. The molecule has 1 aliphatic rings. The van der Waals surface area contributed by atoms with E-state index in [1.165, 1.54) is 0 Å². The van der Waals surface area contributed by atoms with Crippen molar-refractivity contribution in [1.82, 2.24) is 19.7 Å². The van der Waals surface area contributed by atoms with E-state index in [1.807, 2.05) is 27.7 Å². The van der Waals surface area contributed by atoms with Crippen molar-refractivity contribution < 1.29 is 4.79 Å². The molecule has 0 N–H and O–H groups in total. The summed E-state index contributed by atoms with van der Waals surface area (Å²) in [6, 6.07) is 12.3. The largest absolute Gasteiger partial charge is 0.328 e. The van der Waals surface area contributed by atoms with E-state index in [0.717, 1.165) is 29.4 Å². The van der Waals surface area contributed by atoms with Gasteiger partial charge in [0.1, 0.15) is 0 Å². The lowest BCUT2D eigenvalue weighted by Crippen LogP contribution is -2.32. The molecular weight excluding hydrogens is 487 g/mol. The predicted octanol–water partition coefficient (Wildman–Crippen LogP) is 6.69. The monoisotopic (exact) mass is 506 g/mol. The Labute approximate surface area is 206 Å². The van der Waals surface area contributed by atoms with Crippen molar-refractivity contribution in [3.8, 4) is 0 Å². The van der Waals surface area contributed by atoms with Crippen LogP contribution in [-0.4, -0.2) is 32.1 Å². The lowest BCUT2D eigenvalue weighted by Gasteiger charge is -2.24. The van der Waals surface area contributed by atoms with Gasteiger partial charge in [0.15, 0.2) is 11.0 Å². The number of halogens is 3. The van der Waals surface area contributed by atoms with E-state index < -0.39 is 0 Å². The van der Waals surface area contributed by atoms with Crippen molar-refractivity contribution in [2.24, 2.45) is 0 Å². The third kappa shape index (κ3) is 4.99. The van der Waals surface area contributed by atoms with Gasteiger partial charge in [-0.05, 0) is 54.8 Å². The minimum Gasteiger partial charge on any atom is -0.328 e. The molecule has 1 amide bonds. The molecular formula is C23H21Cl3N4OS. The fourth-order valence-electron chi connectivity index (χ4n) is 3.77. The van der Waals surface area contributed by atoms with Gasteiger partial charge in [0.2, 0.25) is 0 Å². The Bertz CT molecular complexity index is 1130. The Hall–Kier alpha value is -1.99. The maximum absolute atomic E-state index is 13.2. The number of likely N-dealkylation sites (tertiary alicyclic amines) is 1. The highest BCUT2D eigenvalue weighted by Gasteiger charge is 2.34. The summed E-state index contributed by atoms with van der Waals surface area (Å²) < 4.78 is 2.03. The molecule has 1 unspecified atom stereocenters. The third-order valence-electron chi connectivity index (χ3n) is 5.33. The van der Waals surface area contributed by atoms with Crippen molar-refractivity contribution in [2.75, 3.05) is 6.54 Å². The first-order chi connectivity index (χ1) is 15.5. The molecule has 1 aromatic heterocycles. The molecule has 2 aromatic carbocycles. The number of thioether (sulfide) groups is 1. The first kappa shape index (κ1) is 23.2. The van der Waals surface area contributed by atoms with Crippen LogP contribution in [-0.2, 0) is 12.3 Å². The van der Waals surface area contributed by atoms with E-state index in [1.54, 1.807) is 42.1 Å². The van der Waals surface area contributed by atoms with Crippen molar-refractivity contribution in [3.05, 3.63) is 87.1 Å². The molecule has 0 radical (unpaired) electrons. The highest BCUT2D eigenvalue weighted by molar-refractivity contribution is 7.98. The summed E-state index contributed by atoms with van der Waals surface area (Å²) in [5.74, 6) is 1.37. The van der Waals surface area contributed by atoms with Crippen LogP contribution in [0.2, 0.25) is 15.1 Å². The number of amides is 1. The van der Waals surface area contributed by atoms with E-state index in [-0.39, 0.29) is 11.9 Å². The Morgan fingerprint density at radius 2 is 1.88 bits per heavy atom. The van der Waals surface area contributed by atoms with Crippen LogP contribution in [0, 0.1) is 0 Å². The van der Waals surface area contributed by atoms with Gasteiger partial charge in [-0.1, -0.05) is 58.7 Å². The molecule has 166 valence electrons. The van der Waals surface area contributed by atoms with Crippen LogP contribution in [0.15, 0.2) is 60.3 Å². The number of aromatic nitrogens is 3. The van der Waals surface area contributed by atoms with E-state index >= 15 is 0 Å². The van der Waals surface area contributed by atoms with E-state index in [0.29, 0.717) is 39.5 Å². The molecule has 1 aliphatic heterocycles. The molecule has 32 heavy (non-hydrogen) atoms. The van der Waals surface area contributed by atoms with Gasteiger partial charge in [-0.3, -0.25) is 4.79 Å². The zero-order valence-electron chi connectivity index (χ0n) is 17.2. The molecule has 2 heterocycles. The summed E-state index contributed by atoms with van der Waals surface area (Å²) >= 11 is 19.8. The summed E-state index contributed by atoms with van der Waals surface area (Å²) in [7, 11) is 0. The maximum Gasteiger partial charge on any atom is 0.254 e. The standard InChI is InChI=1S/C23H21Cl3N4OS/c1-2-11-30-21(27-28-23(30)32-14-16-7-10-18(25)13-19(16)26)20-4-3-12-29(20)22(31)15-5-8-17(24)9-6-15/h2,5-10,13,20H,1,3-4,11-12,14H2. The van der Waals surface area contributed by atoms with Gasteiger partial charge >= 0.3 is 0 Å². The number of carbonyl (C=O) groups is 1. The number of allylic oxidation sites excluding steroid dienone is 1. The van der Waals surface area contributed by atoms with Crippen molar-refractivity contribution in [2.45, 2.75) is 36.3 Å². The van der Waals surface area contributed by atoms with Crippen LogP contribution < -0.4 is 0 Å². The van der Waals surface area contributed by atoms with Crippen molar-refractivity contribution in [3.63, 3.8) is 0 Å². The van der Waals surface area contributed by atoms with Gasteiger partial charge in [-0.25, -0.2) is 0 Å². The Kier molecular flexibility index (Phi) is 7.46. The smallest absolute Gasteiger partial charge is 0.254 e. The Morgan fingerprint density at radius 1 is 1.12 bits per heavy atom. The lowest BCUT2D eigenvalue weighted by atomic mass is 10.1. The number of hydrogen-bond donors (Lipinski definition) is 0. The average molecular weight is 508 g/mol. The summed E-state index contributed by atoms with van der Waals surface area (Å²) in [5, 5.41) is 11.5. The predicted molar refractivity (Wildman–Crippen MR) is 131 cm³/mol. The van der Waals surface area contributed by atoms with E-state index in [4.69, 9.17) is 34.8 Å². The molecule has 1 fully saturated rings. The Morgan fingerprint density at radius 3 is 2.59 bits per heavy atom. The molecule has 1 atom stereocenters. The zero-order chi connectivity index (χ0) is 22.7. The second kappa shape index (κ2) is 10.3. The third-order valence-corrected chi connectivity index (χ3v) is 7.19. The lowest BCUT2D eigenvalue weighted by molar-refractivity contribution is 0.0727. The number of hydrogen-bond acceptors (Lipinski definition) is 4. The molecule has 9 heteroatoms. The topological polar surface area (TPSA) is 51.0 Å². The van der Waals surface area contributed by atoms with Gasteiger partial charge in [0, 0.05) is 39.5 Å². The van der Waals surface area contributed by atoms with E-state index in [9.17, 15) is 4.79 Å². The highest BCUT2D eigenvalue weighted by Crippen LogP contribution is 2.35. The zero-order valence-corrected chi connectivity index (χ0v) is 20.3. The number of carbonyl (C=O) groups excluding carboxylic acids is 1. The molecule has 0 spiro atoms. The van der Waals surface area contributed by atoms with Crippen LogP contribution in [0.25, 0.3) is 0 Å². The minimum atomic E-state index is -0.140. The number of benzene rings is 2. The van der Waals surface area contributed by atoms with Gasteiger partial charge in [-0.2, -0.15) is 0 Å². The second-order valence-corrected chi connectivity index (χ2v) is 9.65. The highest BCUT2D eigenvalue weighted by atomic mass is 35.5. The van der Waals surface area contributed by atoms with Gasteiger partial charge < -0.3 is 9.47 Å². The first-order valence-corrected chi connectivity index (χ1v) is 12.3. The second-order valence-electron chi connectivity index (χ2n) is 7.43. The normalized spacial score (nSPS) is 15.8. The first-order valence-electron chi connectivity index (χ1n) is 10.1. The molecule has 5 nitrogen and oxygen atoms in total. The van der Waals surface area contributed by atoms with Crippen LogP contribution in [0.4, 0.5) is 0 Å². The van der Waals surface area contributed by atoms with Crippen LogP contribution in [0.1, 0.15) is 40.6 Å². The number of nitrogens with zero attached hydrogens (tertiary/aromatic N) is 4. The Balaban J connectivity index is 1.57. The van der Waals surface area contributed by atoms with Crippen LogP contribution in [0.5, 0.6) is 0 Å². The minimum absolute atomic E-state index is 0.0283. The van der Waals surface area contributed by atoms with Gasteiger partial charge in [-0.15, -0.1) is 16.8 Å². The molecule has 4 rings (SSSR count). The van der Waals surface area contributed by atoms with Crippen LogP contribution in [0.3, 0.4) is 0 Å². The van der Waals surface area contributed by atoms with Crippen molar-refractivity contribution in [1.29, 1.82) is 0 Å². The number of rotatable bonds is 7. The summed E-state index contributed by atoms with van der Waals surface area (Å²) in [4.78, 5) is 15.0. The summed E-state index contributed by atoms with van der Waals surface area (Å²) in [6.45, 7) is 5.11. The summed E-state index contributed by atoms with van der Waals surface area (Å²) in [6.07, 6.45) is 3.56. The quantitative estimate of drug-likeness (QED) is 0.264. The van der Waals surface area contributed by atoms with Gasteiger partial charge in [0.05, 0.1) is 6.04 Å². The SMILES string of the molecule is C=CCn1c(SCc2ccc(Cl)cc2Cl)nnc1C1CCCN1C(=O)c1ccc(Cl)cc1. The fraction of sp³-hybridized carbons (Fsp3) is 0.261. The van der Waals surface area contributed by atoms with Gasteiger partial charge in [0.25, 0.3) is 5.91 Å². The van der Waals surface area contributed by atoms with E-state index in [2.05, 4.69) is 16.8 Å². The molecule has 1 saturated heterocycles.